The average Bonchev–Trinajstić information content (AvgIpc) is 3.34. The Morgan fingerprint density at radius 1 is 1.10 bits per heavy atom. The highest BCUT2D eigenvalue weighted by molar-refractivity contribution is 7.90. The third-order valence-corrected chi connectivity index (χ3v) is 7.22. The first-order valence-electron chi connectivity index (χ1n) is 11.9. The van der Waals surface area contributed by atoms with Crippen molar-refractivity contribution in [1.82, 2.24) is 15.0 Å². The van der Waals surface area contributed by atoms with Crippen molar-refractivity contribution in [2.45, 2.75) is 18.2 Å². The molecule has 5 aromatic rings. The molecular weight excluding hydrogens is 559 g/mol. The molecule has 0 amide bonds. The highest BCUT2D eigenvalue weighted by atomic mass is 32.2. The van der Waals surface area contributed by atoms with Crippen molar-refractivity contribution >= 4 is 62.2 Å². The quantitative estimate of drug-likeness (QED) is 0.104. The van der Waals surface area contributed by atoms with E-state index in [9.17, 15) is 17.7 Å². The van der Waals surface area contributed by atoms with E-state index in [2.05, 4.69) is 25.6 Å². The van der Waals surface area contributed by atoms with Gasteiger partial charge in [0.05, 0.1) is 22.9 Å². The molecule has 204 valence electrons. The molecule has 40 heavy (non-hydrogen) atoms. The minimum Gasteiger partial charge on any atom is -0.612 e. The number of rotatable bonds is 6. The van der Waals surface area contributed by atoms with Crippen molar-refractivity contribution in [1.29, 1.82) is 0 Å². The van der Waals surface area contributed by atoms with Crippen molar-refractivity contribution in [2.24, 2.45) is 5.10 Å². The van der Waals surface area contributed by atoms with Gasteiger partial charge in [-0.2, -0.15) is 5.10 Å². The van der Waals surface area contributed by atoms with Crippen LogP contribution in [0.4, 0.5) is 18.9 Å². The zero-order chi connectivity index (χ0) is 28.4. The summed E-state index contributed by atoms with van der Waals surface area (Å²) in [5, 5.41) is 9.42. The third-order valence-electron chi connectivity index (χ3n) is 6.07. The number of aromatic nitrogens is 2. The van der Waals surface area contributed by atoms with Crippen LogP contribution in [0, 0.1) is 6.92 Å². The first-order chi connectivity index (χ1) is 19.1. The summed E-state index contributed by atoms with van der Waals surface area (Å²) in [7, 11) is 0. The lowest BCUT2D eigenvalue weighted by atomic mass is 10.1. The number of fused-ring (bicyclic) bond motifs is 3. The van der Waals surface area contributed by atoms with Crippen LogP contribution in [0.25, 0.3) is 27.5 Å². The molecule has 0 aliphatic rings. The number of ether oxygens (including phenoxy) is 1. The maximum Gasteiger partial charge on any atom is 0.573 e. The summed E-state index contributed by atoms with van der Waals surface area (Å²) in [5.74, 6) is -0.288. The molecule has 4 aromatic carbocycles. The Kier molecular flexibility index (Phi) is 7.66. The van der Waals surface area contributed by atoms with Crippen LogP contribution in [0.1, 0.15) is 11.1 Å². The fourth-order valence-electron chi connectivity index (χ4n) is 4.27. The highest BCUT2D eigenvalue weighted by Gasteiger charge is 2.31. The van der Waals surface area contributed by atoms with E-state index < -0.39 is 17.5 Å². The second-order valence-electron chi connectivity index (χ2n) is 8.80. The van der Waals surface area contributed by atoms with E-state index >= 15 is 0 Å². The number of aryl methyl sites for hydroxylation is 1. The Labute approximate surface area is 235 Å². The van der Waals surface area contributed by atoms with Gasteiger partial charge in [-0.25, -0.2) is 4.98 Å². The van der Waals surface area contributed by atoms with E-state index in [1.807, 2.05) is 49.4 Å². The molecule has 5 rings (SSSR count). The van der Waals surface area contributed by atoms with Crippen LogP contribution in [0.15, 0.2) is 89.1 Å². The molecule has 1 heterocycles. The second-order valence-corrected chi connectivity index (χ2v) is 10.6. The Bertz CT molecular complexity index is 1730. The maximum absolute atomic E-state index is 12.5. The van der Waals surface area contributed by atoms with Crippen LogP contribution in [0.5, 0.6) is 5.75 Å². The molecule has 0 saturated carbocycles. The largest absolute Gasteiger partial charge is 0.612 e. The molecule has 2 N–H and O–H groups in total. The normalized spacial score (nSPS) is 12.7. The van der Waals surface area contributed by atoms with Crippen LogP contribution in [-0.4, -0.2) is 38.0 Å². The summed E-state index contributed by atoms with van der Waals surface area (Å²) in [6.45, 7) is 1.91. The maximum atomic E-state index is 12.5. The number of imidazole rings is 1. The predicted octanol–water partition coefficient (Wildman–Crippen LogP) is 6.44. The molecular formula is C28H22F3N5O2S2. The lowest BCUT2D eigenvalue weighted by Gasteiger charge is -2.14. The average molecular weight is 582 g/mol. The SMILES string of the molecule is Cc1cccc([S+](C)[O-])c1NC(=S)N/N=C/c1ccc2c(ccc3c2ncn3-c2ccc(OC(F)(F)F)cc2)c1. The van der Waals surface area contributed by atoms with Crippen LogP contribution in [0.3, 0.4) is 0 Å². The Morgan fingerprint density at radius 3 is 2.60 bits per heavy atom. The number of anilines is 1. The van der Waals surface area contributed by atoms with Gasteiger partial charge in [0.1, 0.15) is 18.3 Å². The van der Waals surface area contributed by atoms with E-state index in [0.717, 1.165) is 32.9 Å². The van der Waals surface area contributed by atoms with E-state index in [1.165, 1.54) is 12.1 Å². The van der Waals surface area contributed by atoms with Crippen molar-refractivity contribution < 1.29 is 22.5 Å². The van der Waals surface area contributed by atoms with Gasteiger partial charge in [-0.15, -0.1) is 13.2 Å². The van der Waals surface area contributed by atoms with Crippen LogP contribution in [0.2, 0.25) is 0 Å². The van der Waals surface area contributed by atoms with Gasteiger partial charge in [0, 0.05) is 11.1 Å². The summed E-state index contributed by atoms with van der Waals surface area (Å²) in [5.41, 5.74) is 7.43. The van der Waals surface area contributed by atoms with E-state index in [-0.39, 0.29) is 10.9 Å². The Balaban J connectivity index is 1.31. The van der Waals surface area contributed by atoms with Gasteiger partial charge >= 0.3 is 6.36 Å². The number of hydrogen-bond donors (Lipinski definition) is 2. The minimum atomic E-state index is -4.74. The number of nitrogens with one attached hydrogen (secondary N) is 2. The van der Waals surface area contributed by atoms with E-state index in [4.69, 9.17) is 12.2 Å². The number of nitrogens with zero attached hydrogens (tertiary/aromatic N) is 3. The van der Waals surface area contributed by atoms with E-state index in [0.29, 0.717) is 16.3 Å². The molecule has 1 unspecified atom stereocenters. The molecule has 7 nitrogen and oxygen atoms in total. The number of hydrazone groups is 1. The summed E-state index contributed by atoms with van der Waals surface area (Å²) >= 11 is 4.18. The van der Waals surface area contributed by atoms with Gasteiger partial charge in [-0.3, -0.25) is 9.99 Å². The number of thiocarbonyl (C=S) groups is 1. The molecule has 1 aromatic heterocycles. The van der Waals surface area contributed by atoms with Gasteiger partial charge in [0.25, 0.3) is 0 Å². The van der Waals surface area contributed by atoms with Crippen molar-refractivity contribution in [2.75, 3.05) is 11.6 Å². The number of alkyl halides is 3. The van der Waals surface area contributed by atoms with Crippen molar-refractivity contribution in [3.05, 3.63) is 90.3 Å². The number of benzene rings is 4. The molecule has 0 saturated heterocycles. The fourth-order valence-corrected chi connectivity index (χ4v) is 5.19. The molecule has 0 spiro atoms. The van der Waals surface area contributed by atoms with E-state index in [1.54, 1.807) is 41.6 Å². The number of halogens is 3. The second kappa shape index (κ2) is 11.2. The lowest BCUT2D eigenvalue weighted by molar-refractivity contribution is -0.274. The van der Waals surface area contributed by atoms with Crippen LogP contribution in [-0.2, 0) is 11.2 Å². The van der Waals surface area contributed by atoms with Crippen molar-refractivity contribution in [3.8, 4) is 11.4 Å². The first kappa shape index (κ1) is 27.4. The Hall–Kier alpha value is -4.13. The lowest BCUT2D eigenvalue weighted by Crippen LogP contribution is -2.25. The predicted molar refractivity (Wildman–Crippen MR) is 156 cm³/mol. The Morgan fingerprint density at radius 2 is 1.88 bits per heavy atom. The number of hydrogen-bond acceptors (Lipinski definition) is 5. The first-order valence-corrected chi connectivity index (χ1v) is 13.8. The smallest absolute Gasteiger partial charge is 0.573 e. The molecule has 0 aliphatic heterocycles. The topological polar surface area (TPSA) is 86.5 Å². The molecule has 0 aliphatic carbocycles. The van der Waals surface area contributed by atoms with Gasteiger partial charge in [0.2, 0.25) is 0 Å². The molecule has 1 atom stereocenters. The summed E-state index contributed by atoms with van der Waals surface area (Å²) in [4.78, 5) is 5.20. The summed E-state index contributed by atoms with van der Waals surface area (Å²) in [6, 6.07) is 20.8. The van der Waals surface area contributed by atoms with Gasteiger partial charge in [0.15, 0.2) is 10.0 Å². The monoisotopic (exact) mass is 581 g/mol. The molecule has 0 fully saturated rings. The summed E-state index contributed by atoms with van der Waals surface area (Å²) < 4.78 is 55.2. The molecule has 12 heteroatoms. The van der Waals surface area contributed by atoms with Crippen molar-refractivity contribution in [3.63, 3.8) is 0 Å². The highest BCUT2D eigenvalue weighted by Crippen LogP contribution is 2.29. The van der Waals surface area contributed by atoms with Gasteiger partial charge in [-0.1, -0.05) is 30.3 Å². The zero-order valence-corrected chi connectivity index (χ0v) is 22.8. The minimum absolute atomic E-state index is 0.267. The van der Waals surface area contributed by atoms with Gasteiger partial charge in [-0.05, 0) is 89.3 Å². The van der Waals surface area contributed by atoms with Crippen LogP contribution < -0.4 is 15.5 Å². The fraction of sp³-hybridized carbons (Fsp3) is 0.107. The third kappa shape index (κ3) is 6.03. The molecule has 0 radical (unpaired) electrons. The summed E-state index contributed by atoms with van der Waals surface area (Å²) in [6.07, 6.45) is 0.135. The van der Waals surface area contributed by atoms with Gasteiger partial charge < -0.3 is 14.6 Å². The number of para-hydroxylation sites is 1. The standard InChI is InChI=1S/C28H22F3N5O2S2/c1-17-4-3-5-24(40(2)37)25(17)34-27(39)35-33-15-18-6-12-22-19(14-18)7-13-23-26(22)32-16-36(23)20-8-10-21(11-9-20)38-28(29,30)31/h3-16H,1-2H3,(H2,34,35,39)/b33-15+. The molecule has 0 bridgehead atoms. The zero-order valence-electron chi connectivity index (χ0n) is 21.2. The van der Waals surface area contributed by atoms with Crippen LogP contribution >= 0.6 is 12.2 Å².